The van der Waals surface area contributed by atoms with Crippen LogP contribution in [0.3, 0.4) is 0 Å². The van der Waals surface area contributed by atoms with Gasteiger partial charge in [0.1, 0.15) is 5.82 Å². The highest BCUT2D eigenvalue weighted by Crippen LogP contribution is 2.18. The van der Waals surface area contributed by atoms with Crippen molar-refractivity contribution in [2.45, 2.75) is 12.8 Å². The van der Waals surface area contributed by atoms with E-state index in [1.54, 1.807) is 6.07 Å². The minimum atomic E-state index is -0.557. The molecule has 0 heterocycles. The number of methoxy groups -OCH3 is 1. The zero-order chi connectivity index (χ0) is 17.5. The van der Waals surface area contributed by atoms with Crippen LogP contribution in [0.15, 0.2) is 42.5 Å². The number of nitrogens with one attached hydrogen (secondary N) is 2. The fraction of sp³-hybridized carbons (Fsp3) is 0.176. The fourth-order valence-corrected chi connectivity index (χ4v) is 1.99. The average Bonchev–Trinajstić information content (AvgIpc) is 2.58. The molecule has 0 bridgehead atoms. The second kappa shape index (κ2) is 8.05. The van der Waals surface area contributed by atoms with Gasteiger partial charge in [0.25, 0.3) is 5.91 Å². The van der Waals surface area contributed by atoms with E-state index in [0.717, 1.165) is 12.1 Å². The third kappa shape index (κ3) is 4.77. The Morgan fingerprint density at radius 3 is 2.38 bits per heavy atom. The standard InChI is InChI=1S/C17H16F2N2O3/c1-24-15-8-2-11(10-14(15)19)3-9-16(22)20-21-17(23)12-4-6-13(18)7-5-12/h2,4-8,10H,3,9H2,1H3,(H,20,22)(H,21,23). The average molecular weight is 334 g/mol. The lowest BCUT2D eigenvalue weighted by molar-refractivity contribution is -0.121. The van der Waals surface area contributed by atoms with E-state index in [1.165, 1.54) is 31.4 Å². The number of hydrogen-bond donors (Lipinski definition) is 2. The molecule has 24 heavy (non-hydrogen) atoms. The van der Waals surface area contributed by atoms with Gasteiger partial charge in [0.15, 0.2) is 11.6 Å². The summed E-state index contributed by atoms with van der Waals surface area (Å²) in [6.07, 6.45) is 0.370. The second-order valence-electron chi connectivity index (χ2n) is 4.98. The number of carbonyl (C=O) groups is 2. The van der Waals surface area contributed by atoms with E-state index in [9.17, 15) is 18.4 Å². The van der Waals surface area contributed by atoms with Gasteiger partial charge in [-0.3, -0.25) is 20.4 Å². The maximum atomic E-state index is 13.5. The molecule has 0 aliphatic heterocycles. The number of amides is 2. The Kier molecular flexibility index (Phi) is 5.83. The van der Waals surface area contributed by atoms with E-state index in [1.807, 2.05) is 0 Å². The normalized spacial score (nSPS) is 10.1. The van der Waals surface area contributed by atoms with Crippen LogP contribution in [0.25, 0.3) is 0 Å². The molecule has 0 fully saturated rings. The second-order valence-corrected chi connectivity index (χ2v) is 4.98. The molecule has 126 valence electrons. The van der Waals surface area contributed by atoms with Gasteiger partial charge < -0.3 is 4.74 Å². The van der Waals surface area contributed by atoms with E-state index in [0.29, 0.717) is 12.0 Å². The van der Waals surface area contributed by atoms with Crippen LogP contribution >= 0.6 is 0 Å². The molecule has 2 aromatic rings. The fourth-order valence-electron chi connectivity index (χ4n) is 1.99. The highest BCUT2D eigenvalue weighted by atomic mass is 19.1. The number of carbonyl (C=O) groups excluding carboxylic acids is 2. The smallest absolute Gasteiger partial charge is 0.269 e. The summed E-state index contributed by atoms with van der Waals surface area (Å²) in [5.41, 5.74) is 5.33. The molecule has 5 nitrogen and oxygen atoms in total. The lowest BCUT2D eigenvalue weighted by atomic mass is 10.1. The van der Waals surface area contributed by atoms with Crippen molar-refractivity contribution in [1.29, 1.82) is 0 Å². The zero-order valence-electron chi connectivity index (χ0n) is 12.9. The Labute approximate surface area is 137 Å². The summed E-state index contributed by atoms with van der Waals surface area (Å²) in [6.45, 7) is 0. The maximum absolute atomic E-state index is 13.5. The van der Waals surface area contributed by atoms with Gasteiger partial charge in [-0.1, -0.05) is 6.07 Å². The lowest BCUT2D eigenvalue weighted by Gasteiger charge is -2.08. The third-order valence-electron chi connectivity index (χ3n) is 3.28. The van der Waals surface area contributed by atoms with Crippen LogP contribution < -0.4 is 15.6 Å². The quantitative estimate of drug-likeness (QED) is 0.825. The molecule has 0 aliphatic rings. The molecular weight excluding hydrogens is 318 g/mol. The van der Waals surface area contributed by atoms with Crippen molar-refractivity contribution in [3.63, 3.8) is 0 Å². The molecule has 7 heteroatoms. The number of hydrazine groups is 1. The number of ether oxygens (including phenoxy) is 1. The molecule has 0 aromatic heterocycles. The van der Waals surface area contributed by atoms with Crippen molar-refractivity contribution in [1.82, 2.24) is 10.9 Å². The van der Waals surface area contributed by atoms with Crippen LogP contribution in [0.2, 0.25) is 0 Å². The highest BCUT2D eigenvalue weighted by molar-refractivity contribution is 5.95. The number of benzene rings is 2. The van der Waals surface area contributed by atoms with Gasteiger partial charge in [-0.25, -0.2) is 8.78 Å². The number of hydrogen-bond acceptors (Lipinski definition) is 3. The summed E-state index contributed by atoms with van der Waals surface area (Å²) >= 11 is 0. The van der Waals surface area contributed by atoms with Gasteiger partial charge in [0.2, 0.25) is 5.91 Å². The summed E-state index contributed by atoms with van der Waals surface area (Å²) in [7, 11) is 1.37. The van der Waals surface area contributed by atoms with Gasteiger partial charge in [-0.2, -0.15) is 0 Å². The van der Waals surface area contributed by atoms with Crippen molar-refractivity contribution in [2.24, 2.45) is 0 Å². The van der Waals surface area contributed by atoms with Crippen LogP contribution in [0.5, 0.6) is 5.75 Å². The van der Waals surface area contributed by atoms with E-state index in [2.05, 4.69) is 10.9 Å². The summed E-state index contributed by atoms with van der Waals surface area (Å²) in [5, 5.41) is 0. The molecule has 0 atom stereocenters. The molecule has 2 aromatic carbocycles. The Bertz CT molecular complexity index is 733. The van der Waals surface area contributed by atoms with Crippen molar-refractivity contribution >= 4 is 11.8 Å². The first-order chi connectivity index (χ1) is 11.5. The monoisotopic (exact) mass is 334 g/mol. The first kappa shape index (κ1) is 17.4. The first-order valence-corrected chi connectivity index (χ1v) is 7.17. The molecule has 0 spiro atoms. The molecule has 2 rings (SSSR count). The Morgan fingerprint density at radius 1 is 1.04 bits per heavy atom. The van der Waals surface area contributed by atoms with Crippen molar-refractivity contribution < 1.29 is 23.1 Å². The first-order valence-electron chi connectivity index (χ1n) is 7.17. The summed E-state index contributed by atoms with van der Waals surface area (Å²) < 4.78 is 31.1. The molecule has 0 aliphatic carbocycles. The van der Waals surface area contributed by atoms with Crippen LogP contribution in [-0.4, -0.2) is 18.9 Å². The van der Waals surface area contributed by atoms with E-state index in [-0.39, 0.29) is 17.7 Å². The highest BCUT2D eigenvalue weighted by Gasteiger charge is 2.09. The van der Waals surface area contributed by atoms with Gasteiger partial charge in [0, 0.05) is 12.0 Å². The summed E-state index contributed by atoms with van der Waals surface area (Å²) in [5.74, 6) is -1.81. The number of halogens is 2. The summed E-state index contributed by atoms with van der Waals surface area (Å²) in [4.78, 5) is 23.4. The number of rotatable bonds is 5. The predicted octanol–water partition coefficient (Wildman–Crippen LogP) is 2.37. The topological polar surface area (TPSA) is 67.4 Å². The van der Waals surface area contributed by atoms with Crippen molar-refractivity contribution in [3.05, 3.63) is 65.2 Å². The molecule has 0 radical (unpaired) electrons. The molecule has 0 saturated carbocycles. The van der Waals surface area contributed by atoms with Crippen molar-refractivity contribution in [3.8, 4) is 5.75 Å². The minimum Gasteiger partial charge on any atom is -0.494 e. The van der Waals surface area contributed by atoms with Crippen molar-refractivity contribution in [2.75, 3.05) is 7.11 Å². The predicted molar refractivity (Wildman–Crippen MR) is 83.3 cm³/mol. The van der Waals surface area contributed by atoms with Crippen LogP contribution in [0.1, 0.15) is 22.3 Å². The Balaban J connectivity index is 1.80. The van der Waals surface area contributed by atoms with Gasteiger partial charge in [-0.15, -0.1) is 0 Å². The summed E-state index contributed by atoms with van der Waals surface area (Å²) in [6, 6.07) is 9.34. The zero-order valence-corrected chi connectivity index (χ0v) is 12.9. The minimum absolute atomic E-state index is 0.0649. The van der Waals surface area contributed by atoms with Gasteiger partial charge in [0.05, 0.1) is 7.11 Å². The molecule has 0 unspecified atom stereocenters. The lowest BCUT2D eigenvalue weighted by Crippen LogP contribution is -2.41. The number of aryl methyl sites for hydroxylation is 1. The SMILES string of the molecule is COc1ccc(CCC(=O)NNC(=O)c2ccc(F)cc2)cc1F. The molecule has 2 N–H and O–H groups in total. The Morgan fingerprint density at radius 2 is 1.75 bits per heavy atom. The van der Waals surface area contributed by atoms with Crippen LogP contribution in [-0.2, 0) is 11.2 Å². The largest absolute Gasteiger partial charge is 0.494 e. The van der Waals surface area contributed by atoms with E-state index in [4.69, 9.17) is 4.74 Å². The van der Waals surface area contributed by atoms with Gasteiger partial charge in [-0.05, 0) is 48.4 Å². The van der Waals surface area contributed by atoms with E-state index < -0.39 is 23.4 Å². The third-order valence-corrected chi connectivity index (χ3v) is 3.28. The van der Waals surface area contributed by atoms with Crippen LogP contribution in [0.4, 0.5) is 8.78 Å². The molecule has 0 saturated heterocycles. The van der Waals surface area contributed by atoms with E-state index >= 15 is 0 Å². The van der Waals surface area contributed by atoms with Crippen LogP contribution in [0, 0.1) is 11.6 Å². The Hall–Kier alpha value is -2.96. The van der Waals surface area contributed by atoms with Gasteiger partial charge >= 0.3 is 0 Å². The molecular formula is C17H16F2N2O3. The molecule has 2 amide bonds. The maximum Gasteiger partial charge on any atom is 0.269 e.